The number of aliphatic hydroxyl groups excluding tert-OH is 1. The van der Waals surface area contributed by atoms with Crippen LogP contribution in [0.15, 0.2) is 96.3 Å². The first-order valence-corrected chi connectivity index (χ1v) is 39.0. The average molecular weight is 1640 g/mol. The third kappa shape index (κ3) is 20.2. The van der Waals surface area contributed by atoms with Gasteiger partial charge in [-0.2, -0.15) is 0 Å². The number of aromatic nitrogens is 1. The zero-order valence-corrected chi connectivity index (χ0v) is 64.8. The summed E-state index contributed by atoms with van der Waals surface area (Å²) < 4.78 is 12.2. The second-order valence-corrected chi connectivity index (χ2v) is 30.0. The number of oxime groups is 1. The van der Waals surface area contributed by atoms with Gasteiger partial charge in [-0.1, -0.05) is 23.4 Å². The molecule has 37 nitrogen and oxygen atoms in total. The van der Waals surface area contributed by atoms with E-state index in [0.29, 0.717) is 72.1 Å². The highest BCUT2D eigenvalue weighted by Crippen LogP contribution is 2.57. The summed E-state index contributed by atoms with van der Waals surface area (Å²) in [6, 6.07) is 9.81. The maximum atomic E-state index is 15.1. The molecular formula is C79H92N14O23S. The van der Waals surface area contributed by atoms with E-state index in [1.54, 1.807) is 42.6 Å². The van der Waals surface area contributed by atoms with Crippen molar-refractivity contribution in [3.63, 3.8) is 0 Å². The largest absolute Gasteiger partial charge is 0.508 e. The predicted octanol–water partition coefficient (Wildman–Crippen LogP) is 1.96. The summed E-state index contributed by atoms with van der Waals surface area (Å²) in [5.41, 5.74) is 7.26. The van der Waals surface area contributed by atoms with Crippen molar-refractivity contribution in [1.82, 2.24) is 56.5 Å². The third-order valence-electron chi connectivity index (χ3n) is 21.4. The number of amides is 10. The number of phenolic OH excluding ortho intramolecular Hbond substituents is 2. The Hall–Kier alpha value is -12.6. The number of esters is 1. The van der Waals surface area contributed by atoms with Gasteiger partial charge in [-0.3, -0.25) is 67.3 Å². The molecule has 38 heteroatoms. The van der Waals surface area contributed by atoms with Crippen LogP contribution in [0.25, 0.3) is 10.9 Å². The third-order valence-corrected chi connectivity index (χ3v) is 21.7. The van der Waals surface area contributed by atoms with Crippen LogP contribution in [0.3, 0.4) is 0 Å². The van der Waals surface area contributed by atoms with E-state index in [-0.39, 0.29) is 104 Å². The first-order valence-electron chi connectivity index (χ1n) is 38.6. The summed E-state index contributed by atoms with van der Waals surface area (Å²) >= 11 is 5.64. The molecule has 15 N–H and O–H groups in total. The number of pyridine rings is 1. The van der Waals surface area contributed by atoms with Gasteiger partial charge in [0.25, 0.3) is 0 Å². The summed E-state index contributed by atoms with van der Waals surface area (Å²) in [5.74, 6) is -13.0. The Morgan fingerprint density at radius 3 is 1.91 bits per heavy atom. The number of para-hydroxylation sites is 1. The van der Waals surface area contributed by atoms with Crippen LogP contribution in [-0.4, -0.2) is 249 Å². The van der Waals surface area contributed by atoms with Crippen molar-refractivity contribution in [2.45, 2.75) is 195 Å². The number of piperidine rings is 1. The van der Waals surface area contributed by atoms with Crippen molar-refractivity contribution in [2.24, 2.45) is 10.9 Å². The molecule has 0 saturated carbocycles. The van der Waals surface area contributed by atoms with Gasteiger partial charge in [-0.15, -0.1) is 0 Å². The van der Waals surface area contributed by atoms with Gasteiger partial charge in [-0.25, -0.2) is 4.79 Å². The molecule has 0 radical (unpaired) electrons. The Bertz CT molecular complexity index is 4700. The number of thiocarbonyl (C=S) groups is 1. The molecule has 5 aromatic rings. The lowest BCUT2D eigenvalue weighted by atomic mass is 9.77. The van der Waals surface area contributed by atoms with Crippen LogP contribution in [0.5, 0.6) is 23.0 Å². The van der Waals surface area contributed by atoms with E-state index < -0.39 is 188 Å². The number of nitrogens with zero attached hydrogens (tertiary/aromatic N) is 6. The minimum Gasteiger partial charge on any atom is -0.508 e. The van der Waals surface area contributed by atoms with Gasteiger partial charge < -0.3 is 108 Å². The van der Waals surface area contributed by atoms with Crippen LogP contribution in [0.1, 0.15) is 156 Å². The molecule has 11 atom stereocenters. The van der Waals surface area contributed by atoms with Gasteiger partial charge in [0, 0.05) is 110 Å². The average Bonchev–Trinajstić information content (AvgIpc) is 1.56. The molecule has 6 aliphatic rings. The summed E-state index contributed by atoms with van der Waals surface area (Å²) in [4.78, 5) is 205. The van der Waals surface area contributed by atoms with Crippen molar-refractivity contribution in [3.05, 3.63) is 119 Å². The molecule has 0 bridgehead atoms. The number of hydrogen-bond donors (Lipinski definition) is 14. The summed E-state index contributed by atoms with van der Waals surface area (Å²) in [6.45, 7) is 2.62. The van der Waals surface area contributed by atoms with E-state index in [1.807, 2.05) is 24.3 Å². The van der Waals surface area contributed by atoms with E-state index >= 15 is 4.79 Å². The zero-order chi connectivity index (χ0) is 84.1. The van der Waals surface area contributed by atoms with Crippen LogP contribution in [0.2, 0.25) is 0 Å². The fourth-order valence-corrected chi connectivity index (χ4v) is 15.8. The Kier molecular flexibility index (Phi) is 27.5. The quantitative estimate of drug-likeness (QED) is 0.00938. The molecule has 6 aliphatic heterocycles. The molecule has 7 heterocycles. The number of phenols is 2. The highest BCUT2D eigenvalue weighted by Gasteiger charge is 2.55. The smallest absolute Gasteiger partial charge is 0.340 e. The number of anilines is 1. The van der Waals surface area contributed by atoms with Crippen molar-refractivity contribution in [1.29, 1.82) is 0 Å². The van der Waals surface area contributed by atoms with Gasteiger partial charge in [0.2, 0.25) is 59.1 Å². The summed E-state index contributed by atoms with van der Waals surface area (Å²) in [6.07, 6.45) is -0.689. The molecule has 117 heavy (non-hydrogen) atoms. The molecule has 1 aromatic heterocycles. The number of benzene rings is 4. The SMILES string of the molecule is C[C@H](NC(=O)[C@@H](NC(=O)[C@@H]1CCCN1C(=O)[C@H](CCC(=O)O)NC(=O)[C@@H]1CCCN1C(=O)CCCCNC(=S)Nc1ccc2c(c1)C1(OC2=O)c2ccc(O)cc2Oc2cc(O)ccc21)[C@@H](C)O)C(=O)N1CCCCC1C(=O)N1C[C@H](O/N=C\c2cnc3ccccc3c2)C[C@H]1C(=O)N[C@@H](CCC(=O)O)C(=O)N[C@@H](CCC(=O)O)C(N)=O. The number of nitrogens with two attached hydrogens (primary N) is 1. The number of hydrogen-bond acceptors (Lipinski definition) is 23. The fourth-order valence-electron chi connectivity index (χ4n) is 15.6. The summed E-state index contributed by atoms with van der Waals surface area (Å²) in [7, 11) is 0. The van der Waals surface area contributed by atoms with Crippen molar-refractivity contribution >= 4 is 123 Å². The van der Waals surface area contributed by atoms with E-state index in [0.717, 1.165) is 15.2 Å². The van der Waals surface area contributed by atoms with Gasteiger partial charge >= 0.3 is 23.9 Å². The molecule has 11 rings (SSSR count). The molecule has 4 saturated heterocycles. The standard InChI is InChI=1S/C79H92N14O23S/c1-41(74(110)92-30-8-6-13-59(92)76(112)93-40-48(116-83-39-43-33-44-11-3-4-12-53(44)82-38-43)37-60(93)72(108)87-55(24-27-65(100)101)69(105)86-54(68(80)104)23-26-64(98)99)84-73(109)67(42(2)94)89-71(107)58-15-10-32-91(58)75(111)56(25-28-66(102)103)88-70(106)57-14-9-31-90(57)63(97)16-5-7-29-81-78(117)85-45-17-20-49-52(34-45)79(115-77(49)113)50-21-18-46(95)35-61(50)114-62-36-47(96)19-22-51(62)79/h3-4,11-12,17-22,33-36,38-39,41-42,48,54-60,67,94-96H,5-10,13-16,23-32,37,40H2,1-2H3,(H2,80,104)(H,84,109)(H,86,105)(H,87,108)(H,88,106)(H,89,107)(H,98,99)(H,100,101)(H,102,103)(H2,81,85,117)/b83-39-/t41-,42+,48+,54-,55-,56-,57-,58-,59?,60-,67-/m0/s1. The topological polar surface area (TPSA) is 536 Å². The maximum absolute atomic E-state index is 15.1. The number of carbonyl (C=O) groups is 14. The Morgan fingerprint density at radius 2 is 1.24 bits per heavy atom. The number of carbonyl (C=O) groups excluding carboxylic acids is 11. The number of fused-ring (bicyclic) bond motifs is 7. The normalized spacial score (nSPS) is 19.9. The summed E-state index contributed by atoms with van der Waals surface area (Å²) in [5, 5.41) is 84.2. The number of carboxylic acid groups (broad SMARTS) is 3. The number of rotatable bonds is 33. The molecule has 1 spiro atoms. The van der Waals surface area contributed by atoms with Gasteiger partial charge in [-0.05, 0) is 158 Å². The molecule has 622 valence electrons. The lowest BCUT2D eigenvalue weighted by Crippen LogP contribution is -2.62. The monoisotopic (exact) mass is 1640 g/mol. The van der Waals surface area contributed by atoms with E-state index in [9.17, 15) is 93.0 Å². The highest BCUT2D eigenvalue weighted by atomic mass is 32.1. The van der Waals surface area contributed by atoms with Gasteiger partial charge in [0.15, 0.2) is 10.7 Å². The van der Waals surface area contributed by atoms with Crippen LogP contribution in [0, 0.1) is 0 Å². The van der Waals surface area contributed by atoms with Crippen LogP contribution < -0.4 is 47.7 Å². The first kappa shape index (κ1) is 85.3. The Morgan fingerprint density at radius 1 is 0.641 bits per heavy atom. The number of primary amides is 1. The van der Waals surface area contributed by atoms with Crippen molar-refractivity contribution < 1.29 is 112 Å². The fraction of sp³-hybridized carbons (Fsp3) is 0.456. The molecule has 10 amide bonds. The number of carboxylic acids is 3. The number of aliphatic hydroxyl groups is 1. The zero-order valence-electron chi connectivity index (χ0n) is 63.9. The lowest BCUT2D eigenvalue weighted by molar-refractivity contribution is -0.151. The second kappa shape index (κ2) is 37.8. The van der Waals surface area contributed by atoms with Gasteiger partial charge in [0.1, 0.15) is 83.5 Å². The minimum atomic E-state index is -1.77. The van der Waals surface area contributed by atoms with E-state index in [1.165, 1.54) is 54.1 Å². The number of likely N-dealkylation sites (tertiary alicyclic amines) is 4. The number of aromatic hydroxyl groups is 2. The number of aliphatic carboxylic acids is 3. The molecule has 4 aromatic carbocycles. The second-order valence-electron chi connectivity index (χ2n) is 29.6. The highest BCUT2D eigenvalue weighted by molar-refractivity contribution is 7.80. The van der Waals surface area contributed by atoms with Crippen LogP contribution in [0.4, 0.5) is 5.69 Å². The predicted molar refractivity (Wildman–Crippen MR) is 416 cm³/mol. The molecule has 4 fully saturated rings. The molecule has 0 aliphatic carbocycles. The number of ether oxygens (including phenoxy) is 2. The number of unbranched alkanes of at least 4 members (excludes halogenated alkanes) is 1. The minimum absolute atomic E-state index is 0.0204. The molecule has 1 unspecified atom stereocenters. The Balaban J connectivity index is 0.688. The van der Waals surface area contributed by atoms with Crippen LogP contribution in [-0.2, 0) is 77.5 Å². The first-order chi connectivity index (χ1) is 55.9. The van der Waals surface area contributed by atoms with Crippen LogP contribution >= 0.6 is 12.2 Å². The van der Waals surface area contributed by atoms with Crippen molar-refractivity contribution in [2.75, 3.05) is 38.0 Å². The Labute approximate surface area is 674 Å². The molecular weight excluding hydrogens is 1550 g/mol. The maximum Gasteiger partial charge on any atom is 0.340 e. The number of nitrogens with one attached hydrogen (secondary N) is 7. The lowest BCUT2D eigenvalue weighted by Gasteiger charge is -2.39. The van der Waals surface area contributed by atoms with Crippen molar-refractivity contribution in [3.8, 4) is 23.0 Å². The van der Waals surface area contributed by atoms with E-state index in [4.69, 9.17) is 32.3 Å². The van der Waals surface area contributed by atoms with E-state index in [2.05, 4.69) is 47.4 Å². The van der Waals surface area contributed by atoms with Gasteiger partial charge in [0.05, 0.1) is 29.9 Å².